The van der Waals surface area contributed by atoms with Crippen molar-refractivity contribution in [2.24, 2.45) is 0 Å². The summed E-state index contributed by atoms with van der Waals surface area (Å²) in [6.45, 7) is 4.42. The Labute approximate surface area is 125 Å². The molecule has 1 aliphatic rings. The van der Waals surface area contributed by atoms with Crippen molar-refractivity contribution in [1.29, 1.82) is 0 Å². The lowest BCUT2D eigenvalue weighted by atomic mass is 10.1. The third kappa shape index (κ3) is 4.03. The average molecular weight is 318 g/mol. The molecule has 0 unspecified atom stereocenters. The molecule has 5 nitrogen and oxygen atoms in total. The van der Waals surface area contributed by atoms with Crippen molar-refractivity contribution in [2.45, 2.75) is 32.4 Å². The van der Waals surface area contributed by atoms with Crippen LogP contribution in [0.25, 0.3) is 0 Å². The van der Waals surface area contributed by atoms with Gasteiger partial charge in [0, 0.05) is 18.7 Å². The van der Waals surface area contributed by atoms with Gasteiger partial charge in [-0.3, -0.25) is 4.79 Å². The van der Waals surface area contributed by atoms with Gasteiger partial charge >= 0.3 is 6.36 Å². The van der Waals surface area contributed by atoms with Crippen molar-refractivity contribution in [1.82, 2.24) is 4.90 Å². The van der Waals surface area contributed by atoms with Gasteiger partial charge in [-0.1, -0.05) is 0 Å². The quantitative estimate of drug-likeness (QED) is 0.851. The van der Waals surface area contributed by atoms with E-state index in [1.807, 2.05) is 13.8 Å². The summed E-state index contributed by atoms with van der Waals surface area (Å²) in [6.07, 6.45) is -5.13. The number of benzene rings is 1. The Hall–Kier alpha value is -1.96. The van der Waals surface area contributed by atoms with Crippen LogP contribution >= 0.6 is 0 Å². The molecule has 0 bridgehead atoms. The van der Waals surface area contributed by atoms with E-state index in [0.717, 1.165) is 6.07 Å². The van der Waals surface area contributed by atoms with Gasteiger partial charge < -0.3 is 20.1 Å². The minimum Gasteiger partial charge on any atom is -0.404 e. The summed E-state index contributed by atoms with van der Waals surface area (Å²) < 4.78 is 46.3. The standard InChI is InChI=1S/C14H17F3N2O3/c1-8-6-19(7-9(2)21-8)13(20)10-3-4-11(18)12(5-10)22-14(15,16)17/h3-5,8-9H,6-7,18H2,1-2H3/t8-,9+. The SMILES string of the molecule is C[C@@H]1CN(C(=O)c2ccc(N)c(OC(F)(F)F)c2)C[C@H](C)O1. The average Bonchev–Trinajstić information content (AvgIpc) is 2.38. The van der Waals surface area contributed by atoms with Crippen LogP contribution in [-0.4, -0.2) is 42.5 Å². The number of amides is 1. The van der Waals surface area contributed by atoms with Gasteiger partial charge in [0.25, 0.3) is 5.91 Å². The number of nitrogens with two attached hydrogens (primary N) is 1. The fourth-order valence-corrected chi connectivity index (χ4v) is 2.41. The van der Waals surface area contributed by atoms with Gasteiger partial charge in [0.15, 0.2) is 5.75 Å². The number of carbonyl (C=O) groups is 1. The highest BCUT2D eigenvalue weighted by molar-refractivity contribution is 5.95. The molecule has 0 saturated carbocycles. The third-order valence-electron chi connectivity index (χ3n) is 3.19. The van der Waals surface area contributed by atoms with E-state index >= 15 is 0 Å². The van der Waals surface area contributed by atoms with Gasteiger partial charge in [-0.25, -0.2) is 0 Å². The molecule has 0 radical (unpaired) electrons. The normalized spacial score (nSPS) is 22.5. The Morgan fingerprint density at radius 2 is 1.91 bits per heavy atom. The second-order valence-corrected chi connectivity index (χ2v) is 5.27. The maximum atomic E-state index is 12.4. The number of nitrogens with zero attached hydrogens (tertiary/aromatic N) is 1. The summed E-state index contributed by atoms with van der Waals surface area (Å²) in [6, 6.07) is 3.61. The molecule has 1 aromatic carbocycles. The highest BCUT2D eigenvalue weighted by Gasteiger charge is 2.33. The van der Waals surface area contributed by atoms with Crippen LogP contribution in [0.1, 0.15) is 24.2 Å². The first-order valence-corrected chi connectivity index (χ1v) is 6.75. The number of halogens is 3. The van der Waals surface area contributed by atoms with E-state index in [-0.39, 0.29) is 29.4 Å². The van der Waals surface area contributed by atoms with Crippen LogP contribution in [0.5, 0.6) is 5.75 Å². The number of morpholine rings is 1. The Balaban J connectivity index is 2.21. The second kappa shape index (κ2) is 6.04. The van der Waals surface area contributed by atoms with Gasteiger partial charge in [0.1, 0.15) is 0 Å². The van der Waals surface area contributed by atoms with Crippen molar-refractivity contribution >= 4 is 11.6 Å². The number of alkyl halides is 3. The minimum atomic E-state index is -4.86. The van der Waals surface area contributed by atoms with Crippen molar-refractivity contribution in [3.63, 3.8) is 0 Å². The number of nitrogen functional groups attached to an aromatic ring is 1. The van der Waals surface area contributed by atoms with Crippen LogP contribution in [0.2, 0.25) is 0 Å². The molecular weight excluding hydrogens is 301 g/mol. The largest absolute Gasteiger partial charge is 0.573 e. The monoisotopic (exact) mass is 318 g/mol. The first kappa shape index (κ1) is 16.4. The summed E-state index contributed by atoms with van der Waals surface area (Å²) >= 11 is 0. The molecule has 1 aromatic rings. The molecule has 0 spiro atoms. The van der Waals surface area contributed by atoms with E-state index in [1.165, 1.54) is 12.1 Å². The molecule has 1 fully saturated rings. The summed E-state index contributed by atoms with van der Waals surface area (Å²) in [4.78, 5) is 14.0. The Morgan fingerprint density at radius 3 is 2.45 bits per heavy atom. The summed E-state index contributed by atoms with van der Waals surface area (Å²) in [7, 11) is 0. The molecule has 1 heterocycles. The van der Waals surface area contributed by atoms with Gasteiger partial charge in [-0.15, -0.1) is 13.2 Å². The Bertz CT molecular complexity index is 553. The van der Waals surface area contributed by atoms with E-state index in [0.29, 0.717) is 13.1 Å². The van der Waals surface area contributed by atoms with E-state index in [4.69, 9.17) is 10.5 Å². The van der Waals surface area contributed by atoms with E-state index in [1.54, 1.807) is 4.90 Å². The number of hydrogen-bond donors (Lipinski definition) is 1. The number of ether oxygens (including phenoxy) is 2. The number of hydrogen-bond acceptors (Lipinski definition) is 4. The molecule has 2 atom stereocenters. The molecule has 0 aromatic heterocycles. The van der Waals surface area contributed by atoms with Crippen LogP contribution in [0.15, 0.2) is 18.2 Å². The smallest absolute Gasteiger partial charge is 0.404 e. The molecule has 1 saturated heterocycles. The van der Waals surface area contributed by atoms with Crippen molar-refractivity contribution < 1.29 is 27.4 Å². The first-order chi connectivity index (χ1) is 10.2. The topological polar surface area (TPSA) is 64.8 Å². The summed E-state index contributed by atoms with van der Waals surface area (Å²) in [5.74, 6) is -0.957. The lowest BCUT2D eigenvalue weighted by molar-refractivity contribution is -0.274. The predicted molar refractivity (Wildman–Crippen MR) is 73.4 cm³/mol. The number of rotatable bonds is 2. The van der Waals surface area contributed by atoms with Crippen LogP contribution in [0.4, 0.5) is 18.9 Å². The fraction of sp³-hybridized carbons (Fsp3) is 0.500. The minimum absolute atomic E-state index is 0.0924. The third-order valence-corrected chi connectivity index (χ3v) is 3.19. The second-order valence-electron chi connectivity index (χ2n) is 5.27. The van der Waals surface area contributed by atoms with Gasteiger partial charge in [0.2, 0.25) is 0 Å². The number of anilines is 1. The van der Waals surface area contributed by atoms with Crippen molar-refractivity contribution in [3.8, 4) is 5.75 Å². The Kier molecular flexibility index (Phi) is 4.50. The highest BCUT2D eigenvalue weighted by Crippen LogP contribution is 2.29. The van der Waals surface area contributed by atoms with E-state index < -0.39 is 12.1 Å². The maximum absolute atomic E-state index is 12.4. The zero-order valence-electron chi connectivity index (χ0n) is 12.2. The maximum Gasteiger partial charge on any atom is 0.573 e. The molecule has 0 aliphatic carbocycles. The van der Waals surface area contributed by atoms with Crippen molar-refractivity contribution in [2.75, 3.05) is 18.8 Å². The summed E-state index contributed by atoms with van der Waals surface area (Å²) in [5, 5.41) is 0. The van der Waals surface area contributed by atoms with E-state index in [9.17, 15) is 18.0 Å². The lowest BCUT2D eigenvalue weighted by Crippen LogP contribution is -2.48. The lowest BCUT2D eigenvalue weighted by Gasteiger charge is -2.35. The predicted octanol–water partition coefficient (Wildman–Crippen LogP) is 2.42. The molecule has 8 heteroatoms. The Morgan fingerprint density at radius 1 is 1.32 bits per heavy atom. The van der Waals surface area contributed by atoms with Crippen molar-refractivity contribution in [3.05, 3.63) is 23.8 Å². The first-order valence-electron chi connectivity index (χ1n) is 6.75. The molecule has 2 rings (SSSR count). The fourth-order valence-electron chi connectivity index (χ4n) is 2.41. The molecule has 22 heavy (non-hydrogen) atoms. The van der Waals surface area contributed by atoms with Crippen LogP contribution in [-0.2, 0) is 4.74 Å². The summed E-state index contributed by atoms with van der Waals surface area (Å²) in [5.41, 5.74) is 5.36. The zero-order valence-corrected chi connectivity index (χ0v) is 12.2. The molecular formula is C14H17F3N2O3. The van der Waals surface area contributed by atoms with Crippen LogP contribution in [0.3, 0.4) is 0 Å². The molecule has 122 valence electrons. The van der Waals surface area contributed by atoms with E-state index in [2.05, 4.69) is 4.74 Å². The highest BCUT2D eigenvalue weighted by atomic mass is 19.4. The molecule has 1 aliphatic heterocycles. The van der Waals surface area contributed by atoms with Gasteiger partial charge in [-0.05, 0) is 32.0 Å². The van der Waals surface area contributed by atoms with Gasteiger partial charge in [0.05, 0.1) is 17.9 Å². The molecule has 1 amide bonds. The van der Waals surface area contributed by atoms with Crippen LogP contribution < -0.4 is 10.5 Å². The molecule has 2 N–H and O–H groups in total. The zero-order chi connectivity index (χ0) is 16.5. The van der Waals surface area contributed by atoms with Crippen LogP contribution in [0, 0.1) is 0 Å². The number of carbonyl (C=O) groups excluding carboxylic acids is 1. The van der Waals surface area contributed by atoms with Gasteiger partial charge in [-0.2, -0.15) is 0 Å².